The molecule has 0 unspecified atom stereocenters. The van der Waals surface area contributed by atoms with E-state index in [1.54, 1.807) is 4.68 Å². The van der Waals surface area contributed by atoms with Crippen molar-refractivity contribution in [3.05, 3.63) is 64.8 Å². The van der Waals surface area contributed by atoms with Crippen LogP contribution in [-0.4, -0.2) is 27.3 Å². The molecule has 0 radical (unpaired) electrons. The molecular formula is C23H22N4O2S. The number of amides is 1. The summed E-state index contributed by atoms with van der Waals surface area (Å²) < 4.78 is 8.40. The summed E-state index contributed by atoms with van der Waals surface area (Å²) in [5.41, 5.74) is 5.19. The second-order valence-electron chi connectivity index (χ2n) is 7.53. The highest BCUT2D eigenvalue weighted by Crippen LogP contribution is 2.41. The first-order valence-corrected chi connectivity index (χ1v) is 10.8. The van der Waals surface area contributed by atoms with Crippen molar-refractivity contribution in [2.75, 3.05) is 11.9 Å². The molecule has 2 aromatic carbocycles. The van der Waals surface area contributed by atoms with Gasteiger partial charge in [-0.15, -0.1) is 0 Å². The van der Waals surface area contributed by atoms with Gasteiger partial charge in [-0.05, 0) is 44.5 Å². The molecule has 0 bridgehead atoms. The normalized spacial score (nSPS) is 15.8. The molecule has 30 heavy (non-hydrogen) atoms. The number of carbonyl (C=O) groups excluding carboxylic acids is 1. The number of hydrogen-bond donors (Lipinski definition) is 1. The predicted molar refractivity (Wildman–Crippen MR) is 119 cm³/mol. The number of benzene rings is 2. The molecule has 0 spiro atoms. The lowest BCUT2D eigenvalue weighted by Crippen LogP contribution is -2.24. The van der Waals surface area contributed by atoms with Crippen molar-refractivity contribution in [1.29, 1.82) is 0 Å². The van der Waals surface area contributed by atoms with E-state index in [1.165, 1.54) is 16.9 Å². The number of nitrogens with zero attached hydrogens (tertiary/aromatic N) is 3. The van der Waals surface area contributed by atoms with E-state index in [0.717, 1.165) is 43.7 Å². The number of fused-ring (bicyclic) bond motifs is 2. The molecule has 0 saturated heterocycles. The average Bonchev–Trinajstić information content (AvgIpc) is 3.29. The summed E-state index contributed by atoms with van der Waals surface area (Å²) in [6.07, 6.45) is 0.417. The Balaban J connectivity index is 1.61. The van der Waals surface area contributed by atoms with Gasteiger partial charge in [0.15, 0.2) is 0 Å². The van der Waals surface area contributed by atoms with Crippen LogP contribution in [0.15, 0.2) is 42.5 Å². The lowest BCUT2D eigenvalue weighted by Gasteiger charge is -2.24. The SMILES string of the molecule is CCOc1ccc2nc(-n3nc(C)c4c3NC(=O)C[C@@H]4c3ccc(C)cc3)sc2c1. The zero-order valence-corrected chi connectivity index (χ0v) is 17.9. The van der Waals surface area contributed by atoms with Crippen LogP contribution < -0.4 is 10.1 Å². The zero-order valence-electron chi connectivity index (χ0n) is 17.1. The predicted octanol–water partition coefficient (Wildman–Crippen LogP) is 4.97. The van der Waals surface area contributed by atoms with E-state index >= 15 is 0 Å². The Kier molecular flexibility index (Phi) is 4.55. The van der Waals surface area contributed by atoms with E-state index in [0.29, 0.717) is 13.0 Å². The Bertz CT molecular complexity index is 1260. The molecule has 1 aliphatic heterocycles. The summed E-state index contributed by atoms with van der Waals surface area (Å²) >= 11 is 1.53. The van der Waals surface area contributed by atoms with E-state index < -0.39 is 0 Å². The van der Waals surface area contributed by atoms with Crippen molar-refractivity contribution in [2.24, 2.45) is 0 Å². The van der Waals surface area contributed by atoms with Crippen LogP contribution in [0, 0.1) is 13.8 Å². The smallest absolute Gasteiger partial charge is 0.226 e. The molecule has 0 fully saturated rings. The molecule has 5 rings (SSSR count). The van der Waals surface area contributed by atoms with Crippen molar-refractivity contribution in [3.63, 3.8) is 0 Å². The standard InChI is InChI=1S/C23H22N4O2S/c1-4-29-16-9-10-18-19(11-16)30-23(24-18)27-22-21(14(3)26-27)17(12-20(28)25-22)15-7-5-13(2)6-8-15/h5-11,17H,4,12H2,1-3H3,(H,25,28)/t17-/m1/s1. The maximum absolute atomic E-state index is 12.6. The first-order valence-electron chi connectivity index (χ1n) is 10.0. The van der Waals surface area contributed by atoms with Crippen molar-refractivity contribution >= 4 is 33.3 Å². The van der Waals surface area contributed by atoms with Crippen LogP contribution in [0.4, 0.5) is 5.82 Å². The number of nitrogens with one attached hydrogen (secondary N) is 1. The van der Waals surface area contributed by atoms with Gasteiger partial charge in [-0.1, -0.05) is 41.2 Å². The molecule has 4 aromatic rings. The maximum atomic E-state index is 12.6. The van der Waals surface area contributed by atoms with Crippen LogP contribution in [-0.2, 0) is 4.79 Å². The monoisotopic (exact) mass is 418 g/mol. The summed E-state index contributed by atoms with van der Waals surface area (Å²) in [5, 5.41) is 8.53. The number of aromatic nitrogens is 3. The van der Waals surface area contributed by atoms with Gasteiger partial charge in [-0.2, -0.15) is 9.78 Å². The summed E-state index contributed by atoms with van der Waals surface area (Å²) in [5.74, 6) is 1.53. The Morgan fingerprint density at radius 1 is 1.20 bits per heavy atom. The largest absolute Gasteiger partial charge is 0.494 e. The Morgan fingerprint density at radius 2 is 2.00 bits per heavy atom. The minimum atomic E-state index is -0.0120. The van der Waals surface area contributed by atoms with Gasteiger partial charge in [0.05, 0.1) is 22.5 Å². The zero-order chi connectivity index (χ0) is 20.8. The fourth-order valence-electron chi connectivity index (χ4n) is 4.01. The van der Waals surface area contributed by atoms with Crippen molar-refractivity contribution in [3.8, 4) is 10.9 Å². The van der Waals surface area contributed by atoms with Crippen LogP contribution >= 0.6 is 11.3 Å². The van der Waals surface area contributed by atoms with Crippen LogP contribution in [0.1, 0.15) is 41.6 Å². The number of ether oxygens (including phenoxy) is 1. The Morgan fingerprint density at radius 3 is 2.77 bits per heavy atom. The number of thiazole rings is 1. The van der Waals surface area contributed by atoms with Crippen molar-refractivity contribution in [2.45, 2.75) is 33.1 Å². The van der Waals surface area contributed by atoms with Crippen molar-refractivity contribution < 1.29 is 9.53 Å². The van der Waals surface area contributed by atoms with Crippen molar-refractivity contribution in [1.82, 2.24) is 14.8 Å². The second-order valence-corrected chi connectivity index (χ2v) is 8.54. The highest BCUT2D eigenvalue weighted by molar-refractivity contribution is 7.20. The van der Waals surface area contributed by atoms with Gasteiger partial charge in [0.1, 0.15) is 11.6 Å². The number of rotatable bonds is 4. The van der Waals surface area contributed by atoms with Gasteiger partial charge in [0, 0.05) is 17.9 Å². The molecule has 1 amide bonds. The lowest BCUT2D eigenvalue weighted by atomic mass is 9.85. The molecule has 2 aromatic heterocycles. The van der Waals surface area contributed by atoms with E-state index in [1.807, 2.05) is 32.0 Å². The van der Waals surface area contributed by atoms with E-state index in [9.17, 15) is 4.79 Å². The van der Waals surface area contributed by atoms with Gasteiger partial charge in [-0.3, -0.25) is 4.79 Å². The van der Waals surface area contributed by atoms with Crippen LogP contribution in [0.3, 0.4) is 0 Å². The summed E-state index contributed by atoms with van der Waals surface area (Å²) in [6, 6.07) is 14.3. The fourth-order valence-corrected chi connectivity index (χ4v) is 4.96. The molecule has 152 valence electrons. The molecule has 7 heteroatoms. The molecule has 1 aliphatic rings. The minimum Gasteiger partial charge on any atom is -0.494 e. The summed E-state index contributed by atoms with van der Waals surface area (Å²) in [6.45, 7) is 6.65. The molecule has 1 N–H and O–H groups in total. The number of aryl methyl sites for hydroxylation is 2. The second kappa shape index (κ2) is 7.25. The quantitative estimate of drug-likeness (QED) is 0.508. The molecule has 0 aliphatic carbocycles. The molecule has 3 heterocycles. The average molecular weight is 419 g/mol. The minimum absolute atomic E-state index is 0.00559. The lowest BCUT2D eigenvalue weighted by molar-refractivity contribution is -0.116. The van der Waals surface area contributed by atoms with Gasteiger partial charge in [-0.25, -0.2) is 4.98 Å². The van der Waals surface area contributed by atoms with Crippen LogP contribution in [0.25, 0.3) is 15.3 Å². The highest BCUT2D eigenvalue weighted by Gasteiger charge is 2.33. The number of hydrogen-bond acceptors (Lipinski definition) is 5. The highest BCUT2D eigenvalue weighted by atomic mass is 32.1. The fraction of sp³-hybridized carbons (Fsp3) is 0.261. The van der Waals surface area contributed by atoms with Crippen LogP contribution in [0.5, 0.6) is 5.75 Å². The number of anilines is 1. The first kappa shape index (κ1) is 18.8. The van der Waals surface area contributed by atoms with Crippen LogP contribution in [0.2, 0.25) is 0 Å². The van der Waals surface area contributed by atoms with Gasteiger partial charge in [0.25, 0.3) is 0 Å². The molecular weight excluding hydrogens is 396 g/mol. The third-order valence-corrected chi connectivity index (χ3v) is 6.42. The Labute approximate surface area is 178 Å². The third-order valence-electron chi connectivity index (χ3n) is 5.42. The van der Waals surface area contributed by atoms with E-state index in [-0.39, 0.29) is 11.8 Å². The molecule has 0 saturated carbocycles. The summed E-state index contributed by atoms with van der Waals surface area (Å²) in [7, 11) is 0. The number of carbonyl (C=O) groups is 1. The van der Waals surface area contributed by atoms with Gasteiger partial charge < -0.3 is 10.1 Å². The Hall–Kier alpha value is -3.19. The third kappa shape index (κ3) is 3.15. The molecule has 6 nitrogen and oxygen atoms in total. The molecule has 1 atom stereocenters. The van der Waals surface area contributed by atoms with Gasteiger partial charge in [0.2, 0.25) is 11.0 Å². The van der Waals surface area contributed by atoms with E-state index in [4.69, 9.17) is 14.8 Å². The topological polar surface area (TPSA) is 69.0 Å². The summed E-state index contributed by atoms with van der Waals surface area (Å²) in [4.78, 5) is 17.3. The first-order chi connectivity index (χ1) is 14.5. The maximum Gasteiger partial charge on any atom is 0.226 e. The van der Waals surface area contributed by atoms with E-state index in [2.05, 4.69) is 36.5 Å². The van der Waals surface area contributed by atoms with Gasteiger partial charge >= 0.3 is 0 Å².